The number of amides is 1. The molecule has 2 N–H and O–H groups in total. The highest BCUT2D eigenvalue weighted by Crippen LogP contribution is 2.72. The second-order valence-electron chi connectivity index (χ2n) is 15.1. The normalized spacial score (nSPS) is 33.6. The number of ether oxygens (including phenoxy) is 1. The van der Waals surface area contributed by atoms with Crippen molar-refractivity contribution in [3.05, 3.63) is 82.9 Å². The smallest absolute Gasteiger partial charge is 0.306 e. The molecule has 4 aliphatic rings. The minimum Gasteiger partial charge on any atom is -0.449 e. The number of fused-ring (bicyclic) bond motifs is 6. The Balaban J connectivity index is 1.19. The quantitative estimate of drug-likeness (QED) is 0.251. The van der Waals surface area contributed by atoms with Gasteiger partial charge in [-0.2, -0.15) is 5.10 Å². The number of pyridine rings is 1. The molecule has 8 atom stereocenters. The number of carbonyl (C=O) groups is 3. The van der Waals surface area contributed by atoms with Gasteiger partial charge in [0.05, 0.1) is 23.7 Å². The number of aliphatic hydroxyl groups excluding tert-OH is 1. The van der Waals surface area contributed by atoms with Gasteiger partial charge in [-0.25, -0.2) is 13.5 Å². The summed E-state index contributed by atoms with van der Waals surface area (Å²) in [6, 6.07) is 9.93. The number of allylic oxidation sites excluding steroid dienone is 1. The maximum absolute atomic E-state index is 18.3. The molecule has 51 heavy (non-hydrogen) atoms. The van der Waals surface area contributed by atoms with Gasteiger partial charge in [-0.3, -0.25) is 19.4 Å². The Hall–Kier alpha value is -3.90. The van der Waals surface area contributed by atoms with Crippen LogP contribution in [-0.2, 0) is 27.3 Å². The highest BCUT2D eigenvalue weighted by molar-refractivity contribution is 8.13. The third-order valence-corrected chi connectivity index (χ3v) is 13.4. The molecule has 3 fully saturated rings. The van der Waals surface area contributed by atoms with Gasteiger partial charge in [0.1, 0.15) is 11.7 Å². The van der Waals surface area contributed by atoms with Crippen LogP contribution in [0.4, 0.5) is 8.78 Å². The zero-order valence-electron chi connectivity index (χ0n) is 29.3. The van der Waals surface area contributed by atoms with Gasteiger partial charge in [0, 0.05) is 53.6 Å². The van der Waals surface area contributed by atoms with Gasteiger partial charge in [-0.05, 0) is 91.3 Å². The number of aliphatic hydroxyl groups is 1. The molecule has 2 aromatic heterocycles. The molecular formula is C39H44F2N4O5S. The van der Waals surface area contributed by atoms with E-state index in [2.05, 4.69) is 10.3 Å². The Morgan fingerprint density at radius 1 is 1.16 bits per heavy atom. The summed E-state index contributed by atoms with van der Waals surface area (Å²) >= 11 is 0.480. The average Bonchev–Trinajstić information content (AvgIpc) is 3.62. The Morgan fingerprint density at radius 3 is 2.69 bits per heavy atom. The van der Waals surface area contributed by atoms with E-state index in [-0.39, 0.29) is 24.7 Å². The van der Waals surface area contributed by atoms with Gasteiger partial charge in [0.15, 0.2) is 5.60 Å². The van der Waals surface area contributed by atoms with Crippen LogP contribution in [0.1, 0.15) is 87.0 Å². The van der Waals surface area contributed by atoms with Crippen molar-refractivity contribution in [2.45, 2.75) is 90.1 Å². The minimum atomic E-state index is -2.05. The van der Waals surface area contributed by atoms with E-state index in [1.54, 1.807) is 48.4 Å². The predicted molar refractivity (Wildman–Crippen MR) is 189 cm³/mol. The highest BCUT2D eigenvalue weighted by atomic mass is 32.2. The second kappa shape index (κ2) is 12.9. The maximum atomic E-state index is 18.3. The number of esters is 1. The number of hydrogen-bond acceptors (Lipinski definition) is 8. The summed E-state index contributed by atoms with van der Waals surface area (Å²) in [5, 5.41) is 19.1. The zero-order chi connectivity index (χ0) is 36.3. The summed E-state index contributed by atoms with van der Waals surface area (Å²) in [7, 11) is 0. The van der Waals surface area contributed by atoms with E-state index >= 15 is 4.39 Å². The topological polar surface area (TPSA) is 123 Å². The highest BCUT2D eigenvalue weighted by Gasteiger charge is 2.77. The van der Waals surface area contributed by atoms with Crippen LogP contribution in [0.25, 0.3) is 11.8 Å². The first-order chi connectivity index (χ1) is 24.3. The van der Waals surface area contributed by atoms with E-state index in [1.165, 1.54) is 0 Å². The molecule has 0 bridgehead atoms. The van der Waals surface area contributed by atoms with E-state index < -0.39 is 57.1 Å². The molecule has 270 valence electrons. The van der Waals surface area contributed by atoms with Gasteiger partial charge in [0.2, 0.25) is 5.12 Å². The van der Waals surface area contributed by atoms with Crippen molar-refractivity contribution in [1.82, 2.24) is 20.1 Å². The van der Waals surface area contributed by atoms with Crippen molar-refractivity contribution in [2.75, 3.05) is 6.01 Å². The first-order valence-electron chi connectivity index (χ1n) is 17.7. The number of thioether (sulfide) groups is 1. The fourth-order valence-corrected chi connectivity index (χ4v) is 11.0. The number of alkyl halides is 2. The Bertz CT molecular complexity index is 1900. The molecule has 3 saturated carbocycles. The van der Waals surface area contributed by atoms with Gasteiger partial charge in [0.25, 0.3) is 5.91 Å². The fraction of sp³-hybridized carbons (Fsp3) is 0.513. The Kier molecular flexibility index (Phi) is 9.01. The number of hydrogen-bond donors (Lipinski definition) is 2. The third kappa shape index (κ3) is 5.22. The standard InChI is InChI=1S/C39H44F2N4O5S/c1-5-33(47)50-39(35(49)51-22-40)23(2)14-30-29-12-11-27-16-31-26(17-36(27,3)38(29,41)32(46)18-37(30,39)4)21-44-45(31)28-10-6-9-25(15-28)34(48)43-20-24-8-7-13-42-19-24/h6-10,13,15-16,19,21,23,29-30,32,46H,5,11-12,14,17-18,20,22H2,1-4H3,(H,43,48)/t23-,29+,30+,32+,36+,37+,38+,39+/m1/s1. The third-order valence-electron chi connectivity index (χ3n) is 12.7. The largest absolute Gasteiger partial charge is 0.449 e. The summed E-state index contributed by atoms with van der Waals surface area (Å²) in [6.07, 6.45) is 7.28. The van der Waals surface area contributed by atoms with Crippen LogP contribution in [0, 0.1) is 28.6 Å². The minimum absolute atomic E-state index is 0.0354. The van der Waals surface area contributed by atoms with Crippen LogP contribution in [0.2, 0.25) is 0 Å². The SMILES string of the molecule is CCC(=O)O[C@]1(C(=O)SCF)[C@H](C)C[C@H]2[C@@H]3CCC4=Cc5c(cnn5-c5cccc(C(=O)NCc6cccnc6)c5)C[C@]4(C)[C@@]3(F)[C@@H](O)C[C@@]21C. The number of halogens is 2. The number of carbonyl (C=O) groups excluding carboxylic acids is 3. The average molecular weight is 719 g/mol. The number of nitrogens with zero attached hydrogens (tertiary/aromatic N) is 3. The first-order valence-corrected chi connectivity index (χ1v) is 18.7. The van der Waals surface area contributed by atoms with Crippen LogP contribution in [0.15, 0.2) is 60.6 Å². The van der Waals surface area contributed by atoms with Crippen molar-refractivity contribution in [1.29, 1.82) is 0 Å². The van der Waals surface area contributed by atoms with Crippen molar-refractivity contribution in [2.24, 2.45) is 28.6 Å². The molecule has 2 heterocycles. The lowest BCUT2D eigenvalue weighted by atomic mass is 9.44. The number of nitrogens with one attached hydrogen (secondary N) is 1. The maximum Gasteiger partial charge on any atom is 0.306 e. The molecule has 0 spiro atoms. The van der Waals surface area contributed by atoms with Gasteiger partial charge in [-0.1, -0.05) is 45.4 Å². The van der Waals surface area contributed by atoms with Gasteiger partial charge >= 0.3 is 5.97 Å². The summed E-state index contributed by atoms with van der Waals surface area (Å²) in [6.45, 7) is 7.52. The summed E-state index contributed by atoms with van der Waals surface area (Å²) in [4.78, 5) is 43.7. The number of aromatic nitrogens is 3. The van der Waals surface area contributed by atoms with Crippen molar-refractivity contribution < 1.29 is 33.0 Å². The van der Waals surface area contributed by atoms with Gasteiger partial charge < -0.3 is 15.2 Å². The molecule has 9 nitrogen and oxygen atoms in total. The number of benzene rings is 1. The Morgan fingerprint density at radius 2 is 1.96 bits per heavy atom. The van der Waals surface area contributed by atoms with Crippen molar-refractivity contribution in [3.63, 3.8) is 0 Å². The van der Waals surface area contributed by atoms with E-state index in [1.807, 2.05) is 45.0 Å². The van der Waals surface area contributed by atoms with Crippen molar-refractivity contribution in [3.8, 4) is 5.69 Å². The molecule has 7 rings (SSSR count). The van der Waals surface area contributed by atoms with Crippen LogP contribution in [0.3, 0.4) is 0 Å². The Labute approximate surface area is 300 Å². The van der Waals surface area contributed by atoms with Crippen LogP contribution in [0.5, 0.6) is 0 Å². The van der Waals surface area contributed by atoms with Crippen LogP contribution < -0.4 is 5.32 Å². The van der Waals surface area contributed by atoms with E-state index in [0.717, 1.165) is 22.4 Å². The molecule has 3 aromatic rings. The first kappa shape index (κ1) is 35.5. The molecule has 1 amide bonds. The lowest BCUT2D eigenvalue weighted by molar-refractivity contribution is -0.231. The summed E-state index contributed by atoms with van der Waals surface area (Å²) in [5.41, 5.74) is -1.32. The molecule has 4 aliphatic carbocycles. The predicted octanol–water partition coefficient (Wildman–Crippen LogP) is 6.57. The molecule has 12 heteroatoms. The van der Waals surface area contributed by atoms with Gasteiger partial charge in [-0.15, -0.1) is 0 Å². The summed E-state index contributed by atoms with van der Waals surface area (Å²) < 4.78 is 39.8. The van der Waals surface area contributed by atoms with E-state index in [0.29, 0.717) is 55.2 Å². The molecular weight excluding hydrogens is 675 g/mol. The van der Waals surface area contributed by atoms with Crippen LogP contribution in [-0.4, -0.2) is 60.2 Å². The van der Waals surface area contributed by atoms with E-state index in [4.69, 9.17) is 9.84 Å². The monoisotopic (exact) mass is 718 g/mol. The lowest BCUT2D eigenvalue weighted by Gasteiger charge is -2.63. The second-order valence-corrected chi connectivity index (χ2v) is 16.0. The van der Waals surface area contributed by atoms with E-state index in [9.17, 15) is 23.9 Å². The molecule has 1 aromatic carbocycles. The fourth-order valence-electron chi connectivity index (χ4n) is 10.2. The lowest BCUT2D eigenvalue weighted by Crippen LogP contribution is -2.70. The molecule has 0 saturated heterocycles. The van der Waals surface area contributed by atoms with Crippen LogP contribution >= 0.6 is 11.8 Å². The molecule has 0 unspecified atom stereocenters. The number of rotatable bonds is 8. The molecule has 0 radical (unpaired) electrons. The molecule has 0 aliphatic heterocycles. The zero-order valence-corrected chi connectivity index (χ0v) is 30.1. The van der Waals surface area contributed by atoms with Crippen molar-refractivity contribution >= 4 is 34.8 Å². The summed E-state index contributed by atoms with van der Waals surface area (Å²) in [5.74, 6) is -2.30.